The number of hydrogen-bond donors (Lipinski definition) is 2. The number of nitrogens with two attached hydrogens (primary N) is 1. The predicted octanol–water partition coefficient (Wildman–Crippen LogP) is 4.85. The maximum absolute atomic E-state index is 15.1. The quantitative estimate of drug-likeness (QED) is 0.507. The number of aryl methyl sites for hydroxylation is 2. The van der Waals surface area contributed by atoms with Crippen molar-refractivity contribution in [1.29, 1.82) is 0 Å². The lowest BCUT2D eigenvalue weighted by molar-refractivity contribution is -0.142. The molecule has 0 spiro atoms. The SMILES string of the molecule is Cc1cc2oc(C)c(C(N)=O)c2c(C2CCNCC2(F)F)c1OCc1cccnc1C(F)(F)F. The molecule has 182 valence electrons. The lowest BCUT2D eigenvalue weighted by Crippen LogP contribution is -2.44. The van der Waals surface area contributed by atoms with Crippen LogP contribution in [-0.2, 0) is 12.8 Å². The van der Waals surface area contributed by atoms with Crippen molar-refractivity contribution in [3.8, 4) is 5.75 Å². The second-order valence-corrected chi connectivity index (χ2v) is 8.28. The number of hydrogen-bond acceptors (Lipinski definition) is 5. The predicted molar refractivity (Wildman–Crippen MR) is 113 cm³/mol. The third-order valence-electron chi connectivity index (χ3n) is 5.94. The van der Waals surface area contributed by atoms with Gasteiger partial charge in [-0.1, -0.05) is 6.07 Å². The number of alkyl halides is 5. The summed E-state index contributed by atoms with van der Waals surface area (Å²) in [6, 6.07) is 4.04. The number of pyridine rings is 1. The van der Waals surface area contributed by atoms with Crippen LogP contribution in [0.4, 0.5) is 22.0 Å². The first-order valence-electron chi connectivity index (χ1n) is 10.5. The molecule has 4 rings (SSSR count). The van der Waals surface area contributed by atoms with Crippen molar-refractivity contribution >= 4 is 16.9 Å². The first kappa shape index (κ1) is 23.9. The number of benzene rings is 1. The van der Waals surface area contributed by atoms with E-state index in [0.717, 1.165) is 6.20 Å². The number of carbonyl (C=O) groups excluding carboxylic acids is 1. The largest absolute Gasteiger partial charge is 0.488 e. The maximum Gasteiger partial charge on any atom is 0.433 e. The number of furan rings is 1. The fraction of sp³-hybridized carbons (Fsp3) is 0.391. The molecule has 34 heavy (non-hydrogen) atoms. The molecular formula is C23H22F5N3O3. The number of amides is 1. The molecule has 0 saturated carbocycles. The van der Waals surface area contributed by atoms with E-state index in [1.54, 1.807) is 6.92 Å². The number of rotatable bonds is 5. The van der Waals surface area contributed by atoms with Crippen molar-refractivity contribution in [3.05, 3.63) is 58.1 Å². The topological polar surface area (TPSA) is 90.4 Å². The van der Waals surface area contributed by atoms with Crippen molar-refractivity contribution in [3.63, 3.8) is 0 Å². The van der Waals surface area contributed by atoms with Crippen LogP contribution in [-0.4, -0.2) is 29.9 Å². The molecule has 0 aliphatic carbocycles. The van der Waals surface area contributed by atoms with Gasteiger partial charge in [-0.15, -0.1) is 0 Å². The van der Waals surface area contributed by atoms with E-state index >= 15 is 8.78 Å². The Bertz CT molecular complexity index is 1250. The van der Waals surface area contributed by atoms with Crippen LogP contribution >= 0.6 is 0 Å². The minimum Gasteiger partial charge on any atom is -0.488 e. The van der Waals surface area contributed by atoms with E-state index in [-0.39, 0.29) is 52.1 Å². The Morgan fingerprint density at radius 1 is 1.35 bits per heavy atom. The lowest BCUT2D eigenvalue weighted by Gasteiger charge is -2.34. The molecule has 1 saturated heterocycles. The molecule has 11 heteroatoms. The van der Waals surface area contributed by atoms with Gasteiger partial charge in [0.1, 0.15) is 23.7 Å². The Kier molecular flexibility index (Phi) is 6.01. The van der Waals surface area contributed by atoms with E-state index in [1.807, 2.05) is 0 Å². The molecule has 2 aromatic heterocycles. The number of fused-ring (bicyclic) bond motifs is 1. The Morgan fingerprint density at radius 2 is 2.09 bits per heavy atom. The first-order valence-corrected chi connectivity index (χ1v) is 10.5. The van der Waals surface area contributed by atoms with Gasteiger partial charge in [0, 0.05) is 22.7 Å². The molecule has 1 aliphatic heterocycles. The number of ether oxygens (including phenoxy) is 1. The van der Waals surface area contributed by atoms with Gasteiger partial charge < -0.3 is 20.2 Å². The summed E-state index contributed by atoms with van der Waals surface area (Å²) in [6.07, 6.45) is -3.70. The number of aromatic nitrogens is 1. The molecule has 1 atom stereocenters. The van der Waals surface area contributed by atoms with Gasteiger partial charge in [0.15, 0.2) is 5.69 Å². The monoisotopic (exact) mass is 483 g/mol. The molecule has 3 aromatic rings. The average molecular weight is 483 g/mol. The van der Waals surface area contributed by atoms with Gasteiger partial charge in [-0.2, -0.15) is 13.2 Å². The fourth-order valence-corrected chi connectivity index (χ4v) is 4.50. The highest BCUT2D eigenvalue weighted by Gasteiger charge is 2.46. The third-order valence-corrected chi connectivity index (χ3v) is 5.94. The van der Waals surface area contributed by atoms with Gasteiger partial charge >= 0.3 is 6.18 Å². The van der Waals surface area contributed by atoms with Crippen LogP contribution in [0.15, 0.2) is 28.8 Å². The van der Waals surface area contributed by atoms with Crippen molar-refractivity contribution in [2.24, 2.45) is 5.73 Å². The van der Waals surface area contributed by atoms with Crippen LogP contribution in [0.5, 0.6) is 5.75 Å². The van der Waals surface area contributed by atoms with Gasteiger partial charge in [0.2, 0.25) is 0 Å². The number of halogens is 5. The van der Waals surface area contributed by atoms with Gasteiger partial charge in [-0.3, -0.25) is 9.78 Å². The zero-order valence-electron chi connectivity index (χ0n) is 18.4. The van der Waals surface area contributed by atoms with Gasteiger partial charge in [0.05, 0.1) is 18.0 Å². The molecule has 6 nitrogen and oxygen atoms in total. The molecule has 0 radical (unpaired) electrons. The number of primary amides is 1. The molecule has 1 aromatic carbocycles. The highest BCUT2D eigenvalue weighted by molar-refractivity contribution is 6.08. The Labute approximate surface area is 191 Å². The molecular weight excluding hydrogens is 461 g/mol. The molecule has 0 bridgehead atoms. The van der Waals surface area contributed by atoms with E-state index in [0.29, 0.717) is 5.56 Å². The van der Waals surface area contributed by atoms with Crippen LogP contribution in [0.3, 0.4) is 0 Å². The van der Waals surface area contributed by atoms with E-state index < -0.39 is 42.8 Å². The van der Waals surface area contributed by atoms with Crippen LogP contribution in [0.2, 0.25) is 0 Å². The first-order chi connectivity index (χ1) is 15.9. The van der Waals surface area contributed by atoms with E-state index in [1.165, 1.54) is 25.1 Å². The summed E-state index contributed by atoms with van der Waals surface area (Å²) >= 11 is 0. The lowest BCUT2D eigenvalue weighted by atomic mass is 9.82. The standard InChI is InChI=1S/C23H22F5N3O3/c1-11-8-15-18(16(21(29)32)12(2)34-15)17(14-5-7-30-10-22(14,24)25)19(11)33-9-13-4-3-6-31-20(13)23(26,27)28/h3-4,6,8,14,30H,5,7,9-10H2,1-2H3,(H2,29,32). The summed E-state index contributed by atoms with van der Waals surface area (Å²) < 4.78 is 81.8. The summed E-state index contributed by atoms with van der Waals surface area (Å²) in [5, 5.41) is 2.74. The van der Waals surface area contributed by atoms with E-state index in [9.17, 15) is 18.0 Å². The van der Waals surface area contributed by atoms with Crippen molar-refractivity contribution in [2.45, 2.75) is 44.9 Å². The number of carbonyl (C=O) groups is 1. The van der Waals surface area contributed by atoms with Gasteiger partial charge in [0.25, 0.3) is 11.8 Å². The van der Waals surface area contributed by atoms with Gasteiger partial charge in [-0.25, -0.2) is 8.78 Å². The van der Waals surface area contributed by atoms with Crippen LogP contribution < -0.4 is 15.8 Å². The maximum atomic E-state index is 15.1. The Morgan fingerprint density at radius 3 is 2.74 bits per heavy atom. The number of piperidine rings is 1. The minimum absolute atomic E-state index is 0.00426. The highest BCUT2D eigenvalue weighted by Crippen LogP contribution is 2.48. The zero-order valence-corrected chi connectivity index (χ0v) is 18.4. The summed E-state index contributed by atoms with van der Waals surface area (Å²) in [5.74, 6) is -5.33. The van der Waals surface area contributed by atoms with Gasteiger partial charge in [-0.05, 0) is 44.5 Å². The smallest absolute Gasteiger partial charge is 0.433 e. The molecule has 1 aliphatic rings. The normalized spacial score (nSPS) is 18.3. The van der Waals surface area contributed by atoms with Crippen LogP contribution in [0.1, 0.15) is 50.8 Å². The Hall–Kier alpha value is -3.21. The van der Waals surface area contributed by atoms with Crippen LogP contribution in [0.25, 0.3) is 11.0 Å². The van der Waals surface area contributed by atoms with E-state index in [2.05, 4.69) is 10.3 Å². The Balaban J connectivity index is 1.91. The zero-order chi connectivity index (χ0) is 24.8. The molecule has 3 N–H and O–H groups in total. The average Bonchev–Trinajstić information content (AvgIpc) is 3.07. The van der Waals surface area contributed by atoms with Crippen molar-refractivity contribution in [2.75, 3.05) is 13.1 Å². The van der Waals surface area contributed by atoms with Crippen molar-refractivity contribution in [1.82, 2.24) is 10.3 Å². The van der Waals surface area contributed by atoms with E-state index in [4.69, 9.17) is 14.9 Å². The molecule has 1 amide bonds. The number of nitrogens with one attached hydrogen (secondary N) is 1. The molecule has 1 fully saturated rings. The summed E-state index contributed by atoms with van der Waals surface area (Å²) in [7, 11) is 0. The second-order valence-electron chi connectivity index (χ2n) is 8.28. The number of nitrogens with zero attached hydrogens (tertiary/aromatic N) is 1. The highest BCUT2D eigenvalue weighted by atomic mass is 19.4. The summed E-state index contributed by atoms with van der Waals surface area (Å²) in [4.78, 5) is 15.6. The summed E-state index contributed by atoms with van der Waals surface area (Å²) in [6.45, 7) is 2.18. The third kappa shape index (κ3) is 4.20. The van der Waals surface area contributed by atoms with Crippen LogP contribution in [0, 0.1) is 13.8 Å². The molecule has 3 heterocycles. The molecule has 1 unspecified atom stereocenters. The summed E-state index contributed by atoms with van der Waals surface area (Å²) in [5.41, 5.74) is 4.66. The second kappa shape index (κ2) is 8.53. The minimum atomic E-state index is -4.72. The van der Waals surface area contributed by atoms with Crippen molar-refractivity contribution < 1.29 is 35.9 Å². The fourth-order valence-electron chi connectivity index (χ4n) is 4.50.